The molecule has 0 unspecified atom stereocenters. The summed E-state index contributed by atoms with van der Waals surface area (Å²) in [5, 5.41) is 5.88. The maximum absolute atomic E-state index is 11.4. The van der Waals surface area contributed by atoms with Gasteiger partial charge in [0.2, 0.25) is 5.91 Å². The van der Waals surface area contributed by atoms with Crippen molar-refractivity contribution in [2.24, 2.45) is 0 Å². The Balaban J connectivity index is 2.49. The fourth-order valence-corrected chi connectivity index (χ4v) is 2.51. The van der Waals surface area contributed by atoms with Crippen LogP contribution < -0.4 is 10.2 Å². The van der Waals surface area contributed by atoms with Crippen molar-refractivity contribution in [1.29, 1.82) is 0 Å². The molecule has 0 aliphatic heterocycles. The van der Waals surface area contributed by atoms with Gasteiger partial charge in [-0.05, 0) is 6.92 Å². The van der Waals surface area contributed by atoms with Crippen molar-refractivity contribution < 1.29 is 14.3 Å². The monoisotopic (exact) mass is 287 g/mol. The number of hydrogen-bond acceptors (Lipinski definition) is 6. The summed E-state index contributed by atoms with van der Waals surface area (Å²) < 4.78 is 10.1. The lowest BCUT2D eigenvalue weighted by molar-refractivity contribution is -0.116. The van der Waals surface area contributed by atoms with Crippen LogP contribution in [0.1, 0.15) is 19.5 Å². The third-order valence-electron chi connectivity index (χ3n) is 2.61. The highest BCUT2D eigenvalue weighted by Crippen LogP contribution is 2.20. The molecule has 1 aromatic heterocycles. The number of rotatable bonds is 8. The molecule has 0 spiro atoms. The highest BCUT2D eigenvalue weighted by atomic mass is 32.1. The maximum Gasteiger partial charge on any atom is 0.225 e. The molecule has 0 aliphatic rings. The number of hydrogen-bond donors (Lipinski definition) is 1. The molecule has 6 nitrogen and oxygen atoms in total. The molecule has 1 aromatic rings. The van der Waals surface area contributed by atoms with Gasteiger partial charge in [0.1, 0.15) is 0 Å². The summed E-state index contributed by atoms with van der Waals surface area (Å²) in [6.07, 6.45) is -0.262. The minimum absolute atomic E-state index is 0.00943. The zero-order valence-corrected chi connectivity index (χ0v) is 12.6. The van der Waals surface area contributed by atoms with E-state index in [1.54, 1.807) is 26.0 Å². The van der Waals surface area contributed by atoms with Gasteiger partial charge in [-0.15, -0.1) is 11.3 Å². The summed E-state index contributed by atoms with van der Waals surface area (Å²) in [6.45, 7) is 5.32. The van der Waals surface area contributed by atoms with Crippen LogP contribution in [0.2, 0.25) is 0 Å². The topological polar surface area (TPSA) is 63.7 Å². The fourth-order valence-electron chi connectivity index (χ4n) is 1.58. The Bertz CT molecular complexity index is 393. The molecule has 19 heavy (non-hydrogen) atoms. The van der Waals surface area contributed by atoms with Crippen LogP contribution in [-0.4, -0.2) is 44.5 Å². The number of thiazole rings is 1. The van der Waals surface area contributed by atoms with Crippen LogP contribution in [0.4, 0.5) is 5.13 Å². The van der Waals surface area contributed by atoms with E-state index in [1.807, 2.05) is 12.3 Å². The summed E-state index contributed by atoms with van der Waals surface area (Å²) in [7, 11) is 3.20. The first-order chi connectivity index (χ1) is 9.12. The van der Waals surface area contributed by atoms with Crippen LogP contribution in [0.25, 0.3) is 0 Å². The third kappa shape index (κ3) is 4.87. The first-order valence-corrected chi connectivity index (χ1v) is 6.99. The fraction of sp³-hybridized carbons (Fsp3) is 0.667. The number of nitrogens with one attached hydrogen (secondary N) is 1. The first kappa shape index (κ1) is 16.0. The predicted molar refractivity (Wildman–Crippen MR) is 75.3 cm³/mol. The molecule has 0 saturated carbocycles. The molecule has 0 bridgehead atoms. The van der Waals surface area contributed by atoms with E-state index in [4.69, 9.17) is 9.47 Å². The van der Waals surface area contributed by atoms with E-state index >= 15 is 0 Å². The smallest absolute Gasteiger partial charge is 0.225 e. The van der Waals surface area contributed by atoms with Crippen molar-refractivity contribution in [3.63, 3.8) is 0 Å². The standard InChI is InChI=1S/C12H21N3O3S/c1-5-15(9(2)16)12-14-10(8-19-12)6-13-7-11(17-3)18-4/h8,11,13H,5-7H2,1-4H3. The van der Waals surface area contributed by atoms with Gasteiger partial charge >= 0.3 is 0 Å². The zero-order valence-electron chi connectivity index (χ0n) is 11.8. The highest BCUT2D eigenvalue weighted by molar-refractivity contribution is 7.14. The molecule has 1 N–H and O–H groups in total. The quantitative estimate of drug-likeness (QED) is 0.729. The van der Waals surface area contributed by atoms with Gasteiger partial charge in [0, 0.05) is 46.2 Å². The molecule has 1 heterocycles. The van der Waals surface area contributed by atoms with Gasteiger partial charge in [0.15, 0.2) is 11.4 Å². The number of methoxy groups -OCH3 is 2. The van der Waals surface area contributed by atoms with Crippen molar-refractivity contribution in [2.75, 3.05) is 32.2 Å². The zero-order chi connectivity index (χ0) is 14.3. The number of carbonyl (C=O) groups is 1. The number of anilines is 1. The van der Waals surface area contributed by atoms with E-state index < -0.39 is 0 Å². The van der Waals surface area contributed by atoms with Crippen molar-refractivity contribution in [3.05, 3.63) is 11.1 Å². The molecule has 7 heteroatoms. The van der Waals surface area contributed by atoms with Crippen LogP contribution in [-0.2, 0) is 20.8 Å². The predicted octanol–water partition coefficient (Wildman–Crippen LogP) is 1.22. The van der Waals surface area contributed by atoms with Gasteiger partial charge in [-0.1, -0.05) is 0 Å². The number of nitrogens with zero attached hydrogens (tertiary/aromatic N) is 2. The Morgan fingerprint density at radius 1 is 1.53 bits per heavy atom. The van der Waals surface area contributed by atoms with Crippen LogP contribution in [0, 0.1) is 0 Å². The largest absolute Gasteiger partial charge is 0.355 e. The third-order valence-corrected chi connectivity index (χ3v) is 3.52. The lowest BCUT2D eigenvalue weighted by atomic mass is 10.4. The average molecular weight is 287 g/mol. The summed E-state index contributed by atoms with van der Waals surface area (Å²) in [5.74, 6) is 0.00943. The molecule has 0 fully saturated rings. The SMILES string of the molecule is CCN(C(C)=O)c1nc(CNCC(OC)OC)cs1. The molecular formula is C12H21N3O3S. The van der Waals surface area contributed by atoms with E-state index in [1.165, 1.54) is 11.3 Å². The number of ether oxygens (including phenoxy) is 2. The molecule has 108 valence electrons. The Morgan fingerprint density at radius 3 is 2.74 bits per heavy atom. The Hall–Kier alpha value is -1.02. The lowest BCUT2D eigenvalue weighted by Gasteiger charge is -2.15. The Kier molecular flexibility index (Phi) is 6.93. The van der Waals surface area contributed by atoms with Gasteiger partial charge in [0.05, 0.1) is 5.69 Å². The van der Waals surface area contributed by atoms with Crippen LogP contribution in [0.5, 0.6) is 0 Å². The molecule has 0 aromatic carbocycles. The Morgan fingerprint density at radius 2 is 2.21 bits per heavy atom. The van der Waals surface area contributed by atoms with Gasteiger partial charge in [-0.25, -0.2) is 4.98 Å². The summed E-state index contributed by atoms with van der Waals surface area (Å²) in [5.41, 5.74) is 0.908. The molecule has 1 rings (SSSR count). The van der Waals surface area contributed by atoms with Crippen molar-refractivity contribution in [2.45, 2.75) is 26.7 Å². The molecule has 0 radical (unpaired) electrons. The lowest BCUT2D eigenvalue weighted by Crippen LogP contribution is -2.30. The molecule has 0 saturated heterocycles. The van der Waals surface area contributed by atoms with Crippen molar-refractivity contribution in [1.82, 2.24) is 10.3 Å². The number of carbonyl (C=O) groups excluding carboxylic acids is 1. The van der Waals surface area contributed by atoms with E-state index in [-0.39, 0.29) is 12.2 Å². The van der Waals surface area contributed by atoms with Gasteiger partial charge in [-0.2, -0.15) is 0 Å². The summed E-state index contributed by atoms with van der Waals surface area (Å²) in [6, 6.07) is 0. The minimum Gasteiger partial charge on any atom is -0.355 e. The molecular weight excluding hydrogens is 266 g/mol. The first-order valence-electron chi connectivity index (χ1n) is 6.11. The minimum atomic E-state index is -0.262. The highest BCUT2D eigenvalue weighted by Gasteiger charge is 2.13. The second-order valence-electron chi connectivity index (χ2n) is 3.92. The van der Waals surface area contributed by atoms with Crippen LogP contribution >= 0.6 is 11.3 Å². The second kappa shape index (κ2) is 8.21. The van der Waals surface area contributed by atoms with Crippen LogP contribution in [0.15, 0.2) is 5.38 Å². The summed E-state index contributed by atoms with van der Waals surface area (Å²) in [4.78, 5) is 17.5. The van der Waals surface area contributed by atoms with E-state index in [0.717, 1.165) is 10.8 Å². The van der Waals surface area contributed by atoms with Crippen molar-refractivity contribution in [3.8, 4) is 0 Å². The number of amides is 1. The van der Waals surface area contributed by atoms with Gasteiger partial charge < -0.3 is 14.8 Å². The summed E-state index contributed by atoms with van der Waals surface area (Å²) >= 11 is 1.47. The second-order valence-corrected chi connectivity index (χ2v) is 4.75. The van der Waals surface area contributed by atoms with Gasteiger partial charge in [-0.3, -0.25) is 9.69 Å². The molecule has 0 atom stereocenters. The average Bonchev–Trinajstić information content (AvgIpc) is 2.84. The number of aromatic nitrogens is 1. The van der Waals surface area contributed by atoms with E-state index in [0.29, 0.717) is 19.6 Å². The molecule has 1 amide bonds. The Labute approximate surface area is 117 Å². The van der Waals surface area contributed by atoms with E-state index in [9.17, 15) is 4.79 Å². The normalized spacial score (nSPS) is 11.0. The van der Waals surface area contributed by atoms with Gasteiger partial charge in [0.25, 0.3) is 0 Å². The maximum atomic E-state index is 11.4. The van der Waals surface area contributed by atoms with Crippen LogP contribution in [0.3, 0.4) is 0 Å². The van der Waals surface area contributed by atoms with Crippen molar-refractivity contribution >= 4 is 22.4 Å². The molecule has 0 aliphatic carbocycles. The van der Waals surface area contributed by atoms with E-state index in [2.05, 4.69) is 10.3 Å².